The van der Waals surface area contributed by atoms with Crippen LogP contribution in [0.5, 0.6) is 11.5 Å². The highest BCUT2D eigenvalue weighted by Crippen LogP contribution is 2.30. The molecule has 0 bridgehead atoms. The van der Waals surface area contributed by atoms with Gasteiger partial charge in [0.25, 0.3) is 17.5 Å². The van der Waals surface area contributed by atoms with Crippen molar-refractivity contribution in [2.24, 2.45) is 0 Å². The van der Waals surface area contributed by atoms with Crippen LogP contribution in [-0.2, 0) is 16.2 Å². The van der Waals surface area contributed by atoms with Crippen molar-refractivity contribution in [3.63, 3.8) is 0 Å². The first kappa shape index (κ1) is 22.6. The van der Waals surface area contributed by atoms with E-state index in [1.807, 2.05) is 0 Å². The molecule has 0 aromatic heterocycles. The predicted molar refractivity (Wildman–Crippen MR) is 121 cm³/mol. The molecule has 1 fully saturated rings. The minimum Gasteiger partial charge on any atom is -0.493 e. The number of benzene rings is 2. The van der Waals surface area contributed by atoms with Crippen molar-refractivity contribution in [2.75, 3.05) is 13.7 Å². The van der Waals surface area contributed by atoms with E-state index in [0.717, 1.165) is 0 Å². The molecule has 1 saturated heterocycles. The minimum atomic E-state index is -0.592. The number of rotatable bonds is 8. The van der Waals surface area contributed by atoms with Crippen molar-refractivity contribution in [1.82, 2.24) is 10.2 Å². The molecule has 3 rings (SSSR count). The Hall–Kier alpha value is -4.05. The lowest BCUT2D eigenvalue weighted by Gasteiger charge is -2.27. The van der Waals surface area contributed by atoms with E-state index in [1.165, 1.54) is 36.3 Å². The second-order valence-electron chi connectivity index (χ2n) is 6.65. The van der Waals surface area contributed by atoms with E-state index < -0.39 is 16.7 Å². The van der Waals surface area contributed by atoms with E-state index in [1.54, 1.807) is 30.3 Å². The number of amides is 2. The first-order chi connectivity index (χ1) is 15.3. The summed E-state index contributed by atoms with van der Waals surface area (Å²) in [5, 5.41) is 13.4. The SMILES string of the molecule is C=CCN1C(=O)/C(=C/c2ccc(OCc3cccc([N+](=O)[O-])c3)c(OC)c2)C(=O)NC1=S. The van der Waals surface area contributed by atoms with Crippen LogP contribution in [0.1, 0.15) is 11.1 Å². The van der Waals surface area contributed by atoms with Gasteiger partial charge in [0.1, 0.15) is 12.2 Å². The molecule has 0 saturated carbocycles. The zero-order chi connectivity index (χ0) is 23.3. The number of hydrogen-bond acceptors (Lipinski definition) is 7. The zero-order valence-corrected chi connectivity index (χ0v) is 17.9. The number of nitrogens with one attached hydrogen (secondary N) is 1. The number of nitro groups is 1. The standard InChI is InChI=1S/C22H19N3O6S/c1-3-9-24-21(27)17(20(26)23-22(24)32)11-14-7-8-18(19(12-14)30-2)31-13-15-5-4-6-16(10-15)25(28)29/h3-8,10-12H,1,9,13H2,2H3,(H,23,26,32)/b17-11+. The number of methoxy groups -OCH3 is 1. The molecule has 1 heterocycles. The molecule has 9 nitrogen and oxygen atoms in total. The summed E-state index contributed by atoms with van der Waals surface area (Å²) >= 11 is 5.04. The first-order valence-corrected chi connectivity index (χ1v) is 9.78. The Morgan fingerprint density at radius 2 is 2.00 bits per heavy atom. The van der Waals surface area contributed by atoms with Gasteiger partial charge in [0, 0.05) is 18.7 Å². The molecule has 32 heavy (non-hydrogen) atoms. The Kier molecular flexibility index (Phi) is 6.96. The Labute approximate surface area is 189 Å². The number of nitro benzene ring substituents is 1. The monoisotopic (exact) mass is 453 g/mol. The van der Waals surface area contributed by atoms with Gasteiger partial charge in [-0.25, -0.2) is 0 Å². The third kappa shape index (κ3) is 4.98. The molecule has 0 atom stereocenters. The number of non-ortho nitro benzene ring substituents is 1. The molecule has 0 radical (unpaired) electrons. The summed E-state index contributed by atoms with van der Waals surface area (Å²) in [4.78, 5) is 36.6. The average Bonchev–Trinajstić information content (AvgIpc) is 2.78. The summed E-state index contributed by atoms with van der Waals surface area (Å²) in [6.45, 7) is 3.85. The summed E-state index contributed by atoms with van der Waals surface area (Å²) in [6, 6.07) is 11.0. The van der Waals surface area contributed by atoms with Crippen LogP contribution in [0.25, 0.3) is 6.08 Å². The lowest BCUT2D eigenvalue weighted by Crippen LogP contribution is -2.53. The Balaban J connectivity index is 1.82. The minimum absolute atomic E-state index is 0.0273. The summed E-state index contributed by atoms with van der Waals surface area (Å²) in [6.07, 6.45) is 2.94. The summed E-state index contributed by atoms with van der Waals surface area (Å²) in [5.41, 5.74) is 1.05. The van der Waals surface area contributed by atoms with E-state index in [0.29, 0.717) is 22.6 Å². The lowest BCUT2D eigenvalue weighted by molar-refractivity contribution is -0.384. The highest BCUT2D eigenvalue weighted by Gasteiger charge is 2.32. The highest BCUT2D eigenvalue weighted by atomic mass is 32.1. The third-order valence-corrected chi connectivity index (χ3v) is 4.83. The van der Waals surface area contributed by atoms with Crippen LogP contribution in [-0.4, -0.2) is 40.4 Å². The molecular formula is C22H19N3O6S. The maximum Gasteiger partial charge on any atom is 0.269 e. The number of carbonyl (C=O) groups excluding carboxylic acids is 2. The van der Waals surface area contributed by atoms with E-state index in [2.05, 4.69) is 11.9 Å². The second kappa shape index (κ2) is 9.84. The van der Waals surface area contributed by atoms with Gasteiger partial charge in [-0.2, -0.15) is 0 Å². The zero-order valence-electron chi connectivity index (χ0n) is 17.1. The van der Waals surface area contributed by atoms with Crippen LogP contribution in [0, 0.1) is 10.1 Å². The molecule has 1 aliphatic heterocycles. The summed E-state index contributed by atoms with van der Waals surface area (Å²) < 4.78 is 11.1. The van der Waals surface area contributed by atoms with E-state index in [9.17, 15) is 19.7 Å². The van der Waals surface area contributed by atoms with Crippen LogP contribution >= 0.6 is 12.2 Å². The molecule has 1 N–H and O–H groups in total. The van der Waals surface area contributed by atoms with Crippen LogP contribution in [0.15, 0.2) is 60.7 Å². The topological polar surface area (TPSA) is 111 Å². The number of nitrogens with zero attached hydrogens (tertiary/aromatic N) is 2. The number of thiocarbonyl (C=S) groups is 1. The van der Waals surface area contributed by atoms with Crippen molar-refractivity contribution in [3.05, 3.63) is 81.9 Å². The Morgan fingerprint density at radius 1 is 1.22 bits per heavy atom. The molecular weight excluding hydrogens is 434 g/mol. The van der Waals surface area contributed by atoms with Crippen LogP contribution in [0.4, 0.5) is 5.69 Å². The fraction of sp³-hybridized carbons (Fsp3) is 0.136. The van der Waals surface area contributed by atoms with Crippen LogP contribution in [0.3, 0.4) is 0 Å². The maximum atomic E-state index is 12.7. The molecule has 164 valence electrons. The lowest BCUT2D eigenvalue weighted by atomic mass is 10.1. The fourth-order valence-electron chi connectivity index (χ4n) is 2.97. The maximum absolute atomic E-state index is 12.7. The van der Waals surface area contributed by atoms with Crippen molar-refractivity contribution in [2.45, 2.75) is 6.61 Å². The number of hydrogen-bond donors (Lipinski definition) is 1. The molecule has 10 heteroatoms. The van der Waals surface area contributed by atoms with Crippen molar-refractivity contribution in [3.8, 4) is 11.5 Å². The van der Waals surface area contributed by atoms with E-state index in [-0.39, 0.29) is 29.5 Å². The van der Waals surface area contributed by atoms with Gasteiger partial charge in [0.05, 0.1) is 12.0 Å². The highest BCUT2D eigenvalue weighted by molar-refractivity contribution is 7.80. The van der Waals surface area contributed by atoms with Gasteiger partial charge in [0.15, 0.2) is 16.6 Å². The average molecular weight is 453 g/mol. The van der Waals surface area contributed by atoms with Gasteiger partial charge in [-0.05, 0) is 41.6 Å². The molecule has 0 unspecified atom stereocenters. The molecule has 0 spiro atoms. The van der Waals surface area contributed by atoms with Gasteiger partial charge in [-0.15, -0.1) is 6.58 Å². The number of ether oxygens (including phenoxy) is 2. The van der Waals surface area contributed by atoms with E-state index >= 15 is 0 Å². The van der Waals surface area contributed by atoms with Gasteiger partial charge in [0.2, 0.25) is 0 Å². The third-order valence-electron chi connectivity index (χ3n) is 4.51. The van der Waals surface area contributed by atoms with Gasteiger partial charge >= 0.3 is 0 Å². The molecule has 1 aliphatic rings. The predicted octanol–water partition coefficient (Wildman–Crippen LogP) is 3.00. The van der Waals surface area contributed by atoms with Gasteiger partial charge in [-0.3, -0.25) is 29.9 Å². The molecule has 2 amide bonds. The normalized spacial score (nSPS) is 14.8. The van der Waals surface area contributed by atoms with Crippen molar-refractivity contribution in [1.29, 1.82) is 0 Å². The van der Waals surface area contributed by atoms with Gasteiger partial charge < -0.3 is 9.47 Å². The van der Waals surface area contributed by atoms with Crippen molar-refractivity contribution < 1.29 is 24.0 Å². The summed E-state index contributed by atoms with van der Waals surface area (Å²) in [7, 11) is 1.45. The number of carbonyl (C=O) groups is 2. The molecule has 0 aliphatic carbocycles. The van der Waals surface area contributed by atoms with Crippen LogP contribution in [0.2, 0.25) is 0 Å². The molecule has 2 aromatic carbocycles. The first-order valence-electron chi connectivity index (χ1n) is 9.38. The Morgan fingerprint density at radius 3 is 2.69 bits per heavy atom. The van der Waals surface area contributed by atoms with Crippen LogP contribution < -0.4 is 14.8 Å². The van der Waals surface area contributed by atoms with Gasteiger partial charge in [-0.1, -0.05) is 24.3 Å². The fourth-order valence-corrected chi connectivity index (χ4v) is 3.22. The largest absolute Gasteiger partial charge is 0.493 e. The smallest absolute Gasteiger partial charge is 0.269 e. The quantitative estimate of drug-likeness (QED) is 0.163. The van der Waals surface area contributed by atoms with Crippen molar-refractivity contribution >= 4 is 40.9 Å². The second-order valence-corrected chi connectivity index (χ2v) is 7.03. The van der Waals surface area contributed by atoms with E-state index in [4.69, 9.17) is 21.7 Å². The molecule has 2 aromatic rings. The summed E-state index contributed by atoms with van der Waals surface area (Å²) in [5.74, 6) is -0.351. The Bertz CT molecular complexity index is 1140.